The largest absolute Gasteiger partial charge is 0.294 e. The molecule has 94 heavy (non-hydrogen) atoms. The number of hydrogen-bond acceptors (Lipinski definition) is 10. The molecule has 6 aromatic heterocycles. The molecule has 0 atom stereocenters. The van der Waals surface area contributed by atoms with Gasteiger partial charge in [-0.05, 0) is 182 Å². The molecule has 442 valence electrons. The van der Waals surface area contributed by atoms with Crippen molar-refractivity contribution in [3.05, 3.63) is 315 Å². The number of rotatable bonds is 13. The minimum atomic E-state index is 0.738. The fraction of sp³-hybridized carbons (Fsp3) is 0.0238. The molecule has 0 spiro atoms. The highest BCUT2D eigenvalue weighted by Crippen LogP contribution is 2.51. The maximum absolute atomic E-state index is 5.37. The van der Waals surface area contributed by atoms with Crippen LogP contribution in [0.15, 0.2) is 304 Å². The second-order valence-electron chi connectivity index (χ2n) is 23.9. The molecule has 0 saturated carbocycles. The lowest BCUT2D eigenvalue weighted by atomic mass is 9.91. The molecule has 0 aliphatic heterocycles. The third-order valence-electron chi connectivity index (χ3n) is 18.5. The zero-order valence-corrected chi connectivity index (χ0v) is 51.3. The fourth-order valence-corrected chi connectivity index (χ4v) is 14.4. The zero-order valence-electron chi connectivity index (χ0n) is 51.3. The lowest BCUT2D eigenvalue weighted by Crippen LogP contribution is -2.14. The molecule has 0 bridgehead atoms. The molecule has 0 aliphatic carbocycles. The van der Waals surface area contributed by atoms with Crippen molar-refractivity contribution in [2.24, 2.45) is 0 Å². The van der Waals surface area contributed by atoms with Crippen molar-refractivity contribution in [2.45, 2.75) is 13.8 Å². The summed E-state index contributed by atoms with van der Waals surface area (Å²) in [5, 5.41) is 18.2. The molecule has 0 unspecified atom stereocenters. The Kier molecular flexibility index (Phi) is 12.8. The molecule has 0 fully saturated rings. The van der Waals surface area contributed by atoms with Gasteiger partial charge in [0.05, 0.1) is 34.1 Å². The quantitative estimate of drug-likeness (QED) is 0.104. The highest BCUT2D eigenvalue weighted by atomic mass is 15.3. The van der Waals surface area contributed by atoms with E-state index in [2.05, 4.69) is 258 Å². The first-order chi connectivity index (χ1) is 46.5. The van der Waals surface area contributed by atoms with E-state index in [1.54, 1.807) is 0 Å². The molecular formula is C84H56N10. The van der Waals surface area contributed by atoms with Crippen LogP contribution < -0.4 is 19.6 Å². The topological polar surface area (TPSA) is 90.3 Å². The summed E-state index contributed by atoms with van der Waals surface area (Å²) in [5.74, 6) is 4.74. The maximum atomic E-state index is 5.37. The van der Waals surface area contributed by atoms with Crippen molar-refractivity contribution < 1.29 is 0 Å². The van der Waals surface area contributed by atoms with Crippen LogP contribution in [0.1, 0.15) is 11.4 Å². The van der Waals surface area contributed by atoms with Gasteiger partial charge in [0.2, 0.25) is 0 Å². The fourth-order valence-electron chi connectivity index (χ4n) is 14.4. The monoisotopic (exact) mass is 1200 g/mol. The standard InChI is InChI=1S/C84H56N10/c1-53-16-11-29-79(89-53)91(69-24-13-19-55-18-3-4-20-62(55)69)71-44-35-56-32-41-66-72(45-36-57-31-40-65(71)81(56)82(57)66)92(80-30-12-17-54(2)90-80)70-25-15-22-63-61(21-14-23-64(63)70)60-39-48-78(88-52-60)94(77-28-7-10-51-87-77)74-47-38-59-33-42-67-73(46-37-58-34-43-68(74)84(59)83(58)67)93(75-26-5-8-49-85-75)76-27-6-9-50-86-76/h3-52H,1-2H3. The first kappa shape index (κ1) is 54.3. The number of benzene rings is 12. The van der Waals surface area contributed by atoms with E-state index < -0.39 is 0 Å². The highest BCUT2D eigenvalue weighted by Gasteiger charge is 2.27. The number of aryl methyl sites for hydroxylation is 2. The summed E-state index contributed by atoms with van der Waals surface area (Å²) in [6.07, 6.45) is 7.50. The minimum Gasteiger partial charge on any atom is -0.294 e. The van der Waals surface area contributed by atoms with E-state index in [9.17, 15) is 0 Å². The maximum Gasteiger partial charge on any atom is 0.138 e. The molecule has 0 aliphatic rings. The molecule has 6 heterocycles. The molecule has 18 aromatic rings. The Labute approximate surface area is 541 Å². The van der Waals surface area contributed by atoms with Gasteiger partial charge in [-0.3, -0.25) is 19.6 Å². The number of fused-ring (bicyclic) bond motifs is 2. The smallest absolute Gasteiger partial charge is 0.138 e. The minimum absolute atomic E-state index is 0.738. The summed E-state index contributed by atoms with van der Waals surface area (Å²) in [5.41, 5.74) is 10.0. The third-order valence-corrected chi connectivity index (χ3v) is 18.5. The number of aromatic nitrogens is 6. The molecule has 18 rings (SSSR count). The molecule has 0 radical (unpaired) electrons. The summed E-state index contributed by atoms with van der Waals surface area (Å²) in [6, 6.07) is 99.2. The van der Waals surface area contributed by atoms with Gasteiger partial charge < -0.3 is 0 Å². The zero-order chi connectivity index (χ0) is 62.4. The average Bonchev–Trinajstić information content (AvgIpc) is 0.727. The number of pyridine rings is 6. The van der Waals surface area contributed by atoms with Gasteiger partial charge in [-0.1, -0.05) is 170 Å². The van der Waals surface area contributed by atoms with Gasteiger partial charge in [0.25, 0.3) is 0 Å². The van der Waals surface area contributed by atoms with Gasteiger partial charge in [-0.15, -0.1) is 0 Å². The van der Waals surface area contributed by atoms with Crippen molar-refractivity contribution in [3.63, 3.8) is 0 Å². The van der Waals surface area contributed by atoms with E-state index in [-0.39, 0.29) is 0 Å². The molecule has 0 N–H and O–H groups in total. The number of hydrogen-bond donors (Lipinski definition) is 0. The Morgan fingerprint density at radius 3 is 1.04 bits per heavy atom. The molecule has 0 amide bonds. The van der Waals surface area contributed by atoms with Crippen LogP contribution in [0.3, 0.4) is 0 Å². The van der Waals surface area contributed by atoms with E-state index in [0.717, 1.165) is 156 Å². The molecule has 10 heteroatoms. The Bertz CT molecular complexity index is 5880. The Morgan fingerprint density at radius 1 is 0.223 bits per heavy atom. The van der Waals surface area contributed by atoms with E-state index in [0.29, 0.717) is 0 Å². The average molecular weight is 1210 g/mol. The Balaban J connectivity index is 0.761. The van der Waals surface area contributed by atoms with Crippen LogP contribution in [0.4, 0.5) is 69.0 Å². The summed E-state index contributed by atoms with van der Waals surface area (Å²) in [4.78, 5) is 39.5. The lowest BCUT2D eigenvalue weighted by Gasteiger charge is -2.29. The van der Waals surface area contributed by atoms with E-state index in [4.69, 9.17) is 29.9 Å². The molecule has 10 nitrogen and oxygen atoms in total. The van der Waals surface area contributed by atoms with Gasteiger partial charge in [0.15, 0.2) is 0 Å². The van der Waals surface area contributed by atoms with Crippen LogP contribution in [0, 0.1) is 13.8 Å². The number of anilines is 12. The predicted octanol–water partition coefficient (Wildman–Crippen LogP) is 22.3. The summed E-state index contributed by atoms with van der Waals surface area (Å²) < 4.78 is 0. The second kappa shape index (κ2) is 22.1. The molecule has 0 saturated heterocycles. The van der Waals surface area contributed by atoms with E-state index >= 15 is 0 Å². The van der Waals surface area contributed by atoms with Crippen LogP contribution >= 0.6 is 0 Å². The molecular weight excluding hydrogens is 1150 g/mol. The lowest BCUT2D eigenvalue weighted by molar-refractivity contribution is 1.13. The van der Waals surface area contributed by atoms with Crippen molar-refractivity contribution >= 4 is 155 Å². The van der Waals surface area contributed by atoms with Crippen LogP contribution in [0.5, 0.6) is 0 Å². The van der Waals surface area contributed by atoms with Crippen molar-refractivity contribution in [1.29, 1.82) is 0 Å². The normalized spacial score (nSPS) is 11.7. The first-order valence-electron chi connectivity index (χ1n) is 31.7. The van der Waals surface area contributed by atoms with Crippen LogP contribution in [-0.4, -0.2) is 29.9 Å². The van der Waals surface area contributed by atoms with Crippen molar-refractivity contribution in [3.8, 4) is 11.1 Å². The SMILES string of the molecule is Cc1cccc(N(c2cccc3ccccc23)c2ccc3ccc4c(N(c5cccc(C)n5)c5cccc6c(-c7ccc(N(c8ccccn8)c8ccc9ccc%10c(N(c%11ccccn%11)c%11ccccn%11)ccc%11ccc8c9c%11%10)nc7)cccc56)ccc5ccc2c3c54)n1. The van der Waals surface area contributed by atoms with Crippen LogP contribution in [-0.2, 0) is 0 Å². The number of nitrogens with zero attached hydrogens (tertiary/aromatic N) is 10. The van der Waals surface area contributed by atoms with E-state index in [1.165, 1.54) is 21.5 Å². The van der Waals surface area contributed by atoms with Gasteiger partial charge in [0, 0.05) is 74.1 Å². The highest BCUT2D eigenvalue weighted by molar-refractivity contribution is 6.30. The Hall–Kier alpha value is -12.7. The van der Waals surface area contributed by atoms with E-state index in [1.807, 2.05) is 79.4 Å². The predicted molar refractivity (Wildman–Crippen MR) is 389 cm³/mol. The van der Waals surface area contributed by atoms with Crippen molar-refractivity contribution in [1.82, 2.24) is 29.9 Å². The van der Waals surface area contributed by atoms with Gasteiger partial charge >= 0.3 is 0 Å². The van der Waals surface area contributed by atoms with Gasteiger partial charge in [-0.25, -0.2) is 29.9 Å². The second-order valence-corrected chi connectivity index (χ2v) is 23.9. The summed E-state index contributed by atoms with van der Waals surface area (Å²) in [7, 11) is 0. The van der Waals surface area contributed by atoms with Crippen LogP contribution in [0.25, 0.3) is 97.3 Å². The summed E-state index contributed by atoms with van der Waals surface area (Å²) in [6.45, 7) is 4.12. The third kappa shape index (κ3) is 8.87. The van der Waals surface area contributed by atoms with Crippen LogP contribution in [0.2, 0.25) is 0 Å². The molecule has 12 aromatic carbocycles. The Morgan fingerprint density at radius 2 is 0.585 bits per heavy atom. The van der Waals surface area contributed by atoms with Crippen molar-refractivity contribution in [2.75, 3.05) is 19.6 Å². The summed E-state index contributed by atoms with van der Waals surface area (Å²) >= 11 is 0. The van der Waals surface area contributed by atoms with Gasteiger partial charge in [0.1, 0.15) is 34.9 Å². The first-order valence-corrected chi connectivity index (χ1v) is 31.7. The van der Waals surface area contributed by atoms with Gasteiger partial charge in [-0.2, -0.15) is 0 Å².